The Bertz CT molecular complexity index is 449. The first kappa shape index (κ1) is 14.6. The third kappa shape index (κ3) is 3.82. The zero-order valence-electron chi connectivity index (χ0n) is 11.9. The van der Waals surface area contributed by atoms with Crippen molar-refractivity contribution >= 4 is 16.0 Å². The SMILES string of the molecule is C[C@H]1[C@H](N2CN=C(NS(C)(=O)=O)NC2)CCC[C@@H]1C. The van der Waals surface area contributed by atoms with Crippen LogP contribution >= 0.6 is 0 Å². The minimum absolute atomic E-state index is 0.357. The molecule has 2 aliphatic rings. The topological polar surface area (TPSA) is 73.8 Å². The zero-order chi connectivity index (χ0) is 14.0. The lowest BCUT2D eigenvalue weighted by molar-refractivity contribution is 0.0768. The highest BCUT2D eigenvalue weighted by molar-refractivity contribution is 7.89. The number of aliphatic imine (C=N–C) groups is 1. The van der Waals surface area contributed by atoms with Gasteiger partial charge in [-0.15, -0.1) is 0 Å². The molecule has 0 unspecified atom stereocenters. The molecule has 0 aromatic heterocycles. The molecule has 0 aromatic carbocycles. The minimum Gasteiger partial charge on any atom is -0.343 e. The van der Waals surface area contributed by atoms with E-state index in [0.29, 0.717) is 31.3 Å². The molecule has 2 N–H and O–H groups in total. The maximum Gasteiger partial charge on any atom is 0.232 e. The lowest BCUT2D eigenvalue weighted by Crippen LogP contribution is -2.55. The van der Waals surface area contributed by atoms with Gasteiger partial charge in [0.15, 0.2) is 0 Å². The molecule has 7 heteroatoms. The van der Waals surface area contributed by atoms with E-state index < -0.39 is 10.0 Å². The molecular weight excluding hydrogens is 264 g/mol. The summed E-state index contributed by atoms with van der Waals surface area (Å²) in [5.41, 5.74) is 0. The average molecular weight is 288 g/mol. The van der Waals surface area contributed by atoms with Crippen molar-refractivity contribution in [1.29, 1.82) is 0 Å². The molecule has 1 heterocycles. The molecule has 19 heavy (non-hydrogen) atoms. The van der Waals surface area contributed by atoms with Crippen LogP contribution in [0, 0.1) is 11.8 Å². The molecule has 0 saturated heterocycles. The van der Waals surface area contributed by atoms with E-state index in [0.717, 1.165) is 12.2 Å². The lowest BCUT2D eigenvalue weighted by Gasteiger charge is -2.42. The molecular formula is C12H24N4O2S. The van der Waals surface area contributed by atoms with Crippen molar-refractivity contribution in [1.82, 2.24) is 14.9 Å². The smallest absolute Gasteiger partial charge is 0.232 e. The van der Waals surface area contributed by atoms with Gasteiger partial charge in [0.05, 0.1) is 19.6 Å². The van der Waals surface area contributed by atoms with Crippen LogP contribution < -0.4 is 10.0 Å². The molecule has 1 aliphatic carbocycles. The van der Waals surface area contributed by atoms with Crippen LogP contribution in [0.25, 0.3) is 0 Å². The molecule has 1 aliphatic heterocycles. The van der Waals surface area contributed by atoms with Gasteiger partial charge in [0, 0.05) is 6.04 Å². The molecule has 110 valence electrons. The van der Waals surface area contributed by atoms with Crippen LogP contribution in [0.15, 0.2) is 4.99 Å². The first-order chi connectivity index (χ1) is 8.87. The molecule has 0 radical (unpaired) electrons. The molecule has 2 rings (SSSR count). The summed E-state index contributed by atoms with van der Waals surface area (Å²) in [4.78, 5) is 6.57. The third-order valence-electron chi connectivity index (χ3n) is 4.28. The Morgan fingerprint density at radius 1 is 1.37 bits per heavy atom. The predicted octanol–water partition coefficient (Wildman–Crippen LogP) is 0.537. The van der Waals surface area contributed by atoms with Gasteiger partial charge in [-0.1, -0.05) is 26.7 Å². The van der Waals surface area contributed by atoms with Crippen molar-refractivity contribution in [3.05, 3.63) is 0 Å². The number of nitrogens with one attached hydrogen (secondary N) is 2. The second-order valence-electron chi connectivity index (χ2n) is 5.78. The molecule has 0 amide bonds. The summed E-state index contributed by atoms with van der Waals surface area (Å²) in [6, 6.07) is 0.541. The molecule has 0 bridgehead atoms. The van der Waals surface area contributed by atoms with E-state index in [9.17, 15) is 8.42 Å². The summed E-state index contributed by atoms with van der Waals surface area (Å²) in [5.74, 6) is 1.77. The average Bonchev–Trinajstić information content (AvgIpc) is 2.32. The van der Waals surface area contributed by atoms with E-state index in [-0.39, 0.29) is 0 Å². The molecule has 3 atom stereocenters. The summed E-state index contributed by atoms with van der Waals surface area (Å²) in [5, 5.41) is 3.04. The summed E-state index contributed by atoms with van der Waals surface area (Å²) < 4.78 is 24.7. The molecule has 0 spiro atoms. The molecule has 6 nitrogen and oxygen atoms in total. The van der Waals surface area contributed by atoms with Crippen molar-refractivity contribution in [2.45, 2.75) is 39.2 Å². The van der Waals surface area contributed by atoms with E-state index >= 15 is 0 Å². The largest absolute Gasteiger partial charge is 0.343 e. The summed E-state index contributed by atoms with van der Waals surface area (Å²) in [6.45, 7) is 5.84. The van der Waals surface area contributed by atoms with Crippen LogP contribution in [-0.2, 0) is 10.0 Å². The van der Waals surface area contributed by atoms with Gasteiger partial charge in [0.2, 0.25) is 16.0 Å². The number of sulfonamides is 1. The standard InChI is InChI=1S/C12H24N4O2S/c1-9-5-4-6-11(10(9)2)16-7-13-12(14-8-16)15-19(3,17)18/h9-11H,4-8H2,1-3H3,(H2,13,14,15)/t9-,10+,11+/m0/s1. The van der Waals surface area contributed by atoms with E-state index in [1.54, 1.807) is 0 Å². The molecule has 1 saturated carbocycles. The first-order valence-corrected chi connectivity index (χ1v) is 8.76. The van der Waals surface area contributed by atoms with Gasteiger partial charge < -0.3 is 5.32 Å². The Balaban J connectivity index is 1.95. The first-order valence-electron chi connectivity index (χ1n) is 6.87. The normalized spacial score (nSPS) is 33.4. The van der Waals surface area contributed by atoms with Crippen LogP contribution in [-0.4, -0.2) is 44.9 Å². The minimum atomic E-state index is -3.25. The summed E-state index contributed by atoms with van der Waals surface area (Å²) in [6.07, 6.45) is 4.92. The Kier molecular flexibility index (Phi) is 4.35. The van der Waals surface area contributed by atoms with Gasteiger partial charge in [-0.3, -0.25) is 9.62 Å². The predicted molar refractivity (Wildman–Crippen MR) is 76.1 cm³/mol. The van der Waals surface area contributed by atoms with Crippen molar-refractivity contribution in [3.63, 3.8) is 0 Å². The van der Waals surface area contributed by atoms with Crippen molar-refractivity contribution in [3.8, 4) is 0 Å². The third-order valence-corrected chi connectivity index (χ3v) is 4.84. The highest BCUT2D eigenvalue weighted by Gasteiger charge is 2.32. The molecule has 1 fully saturated rings. The summed E-state index contributed by atoms with van der Waals surface area (Å²) in [7, 11) is -3.25. The fraction of sp³-hybridized carbons (Fsp3) is 0.917. The van der Waals surface area contributed by atoms with E-state index in [1.807, 2.05) is 0 Å². The van der Waals surface area contributed by atoms with E-state index in [4.69, 9.17) is 0 Å². The summed E-state index contributed by atoms with van der Waals surface area (Å²) >= 11 is 0. The lowest BCUT2D eigenvalue weighted by atomic mass is 9.77. The second-order valence-corrected chi connectivity index (χ2v) is 7.53. The van der Waals surface area contributed by atoms with Crippen LogP contribution in [0.1, 0.15) is 33.1 Å². The Morgan fingerprint density at radius 2 is 2.11 bits per heavy atom. The van der Waals surface area contributed by atoms with Gasteiger partial charge in [-0.25, -0.2) is 13.4 Å². The van der Waals surface area contributed by atoms with E-state index in [1.165, 1.54) is 19.3 Å². The Hall–Kier alpha value is -0.820. The van der Waals surface area contributed by atoms with Gasteiger partial charge in [-0.05, 0) is 18.3 Å². The maximum atomic E-state index is 11.1. The number of guanidine groups is 1. The van der Waals surface area contributed by atoms with Crippen molar-refractivity contribution in [2.24, 2.45) is 16.8 Å². The maximum absolute atomic E-state index is 11.1. The van der Waals surface area contributed by atoms with Gasteiger partial charge >= 0.3 is 0 Å². The van der Waals surface area contributed by atoms with Gasteiger partial charge in [0.1, 0.15) is 0 Å². The monoisotopic (exact) mass is 288 g/mol. The highest BCUT2D eigenvalue weighted by atomic mass is 32.2. The number of hydrogen-bond acceptors (Lipinski definition) is 5. The number of nitrogens with zero attached hydrogens (tertiary/aromatic N) is 2. The zero-order valence-corrected chi connectivity index (χ0v) is 12.7. The Morgan fingerprint density at radius 3 is 2.68 bits per heavy atom. The van der Waals surface area contributed by atoms with Crippen LogP contribution in [0.3, 0.4) is 0 Å². The van der Waals surface area contributed by atoms with Crippen LogP contribution in [0.5, 0.6) is 0 Å². The van der Waals surface area contributed by atoms with Crippen LogP contribution in [0.2, 0.25) is 0 Å². The van der Waals surface area contributed by atoms with Crippen molar-refractivity contribution in [2.75, 3.05) is 19.6 Å². The van der Waals surface area contributed by atoms with E-state index in [2.05, 4.69) is 33.8 Å². The molecule has 0 aromatic rings. The number of hydrogen-bond donors (Lipinski definition) is 2. The van der Waals surface area contributed by atoms with Crippen molar-refractivity contribution < 1.29 is 8.42 Å². The quantitative estimate of drug-likeness (QED) is 0.777. The fourth-order valence-corrected chi connectivity index (χ4v) is 3.47. The van der Waals surface area contributed by atoms with Crippen LogP contribution in [0.4, 0.5) is 0 Å². The highest BCUT2D eigenvalue weighted by Crippen LogP contribution is 2.32. The fourth-order valence-electron chi connectivity index (χ4n) is 2.98. The Labute approximate surface area is 115 Å². The second kappa shape index (κ2) is 5.66. The van der Waals surface area contributed by atoms with Gasteiger partial charge in [-0.2, -0.15) is 0 Å². The number of rotatable bonds is 2. The van der Waals surface area contributed by atoms with Gasteiger partial charge in [0.25, 0.3) is 0 Å².